The maximum absolute atomic E-state index is 15.3. The molecule has 0 saturated carbocycles. The van der Waals surface area contributed by atoms with E-state index in [0.29, 0.717) is 30.0 Å². The van der Waals surface area contributed by atoms with E-state index in [0.717, 1.165) is 51.4 Å². The number of hydrogen-bond acceptors (Lipinski definition) is 8. The van der Waals surface area contributed by atoms with Crippen LogP contribution in [0.4, 0.5) is 33.5 Å². The molecule has 6 heterocycles. The van der Waals surface area contributed by atoms with Crippen molar-refractivity contribution >= 4 is 11.5 Å². The molecule has 1 aromatic heterocycles. The lowest BCUT2D eigenvalue weighted by Crippen LogP contribution is -2.52. The van der Waals surface area contributed by atoms with Gasteiger partial charge in [-0.25, -0.2) is 8.78 Å². The lowest BCUT2D eigenvalue weighted by molar-refractivity contribution is -0.140. The molecular formula is C29H35F5N6O2. The Bertz CT molecular complexity index is 1380. The predicted octanol–water partition coefficient (Wildman–Crippen LogP) is 4.23. The van der Waals surface area contributed by atoms with Gasteiger partial charge in [0.2, 0.25) is 0 Å². The standard InChI is InChI=1S/C29H35F5N6O2/c1-15-7-20(35)25(31)23(24(15)29(32,33)34)22-8-21-19(13-41-22)26(40-17-3-4-18(40)11-36-10-17)38-27(37-21)42-14-28-5-2-6-39(28)12-16(30)9-28/h7,16-18,22,36H,2-6,8-14,35H2,1H3. The third-order valence-corrected chi connectivity index (χ3v) is 9.84. The molecule has 0 spiro atoms. The van der Waals surface area contributed by atoms with Crippen LogP contribution >= 0.6 is 0 Å². The first-order valence-electron chi connectivity index (χ1n) is 14.7. The number of hydrogen-bond donors (Lipinski definition) is 2. The first-order valence-corrected chi connectivity index (χ1v) is 14.7. The smallest absolute Gasteiger partial charge is 0.417 e. The molecule has 42 heavy (non-hydrogen) atoms. The zero-order valence-corrected chi connectivity index (χ0v) is 23.4. The van der Waals surface area contributed by atoms with Crippen LogP contribution in [-0.2, 0) is 23.9 Å². The van der Waals surface area contributed by atoms with Crippen LogP contribution in [0.3, 0.4) is 0 Å². The summed E-state index contributed by atoms with van der Waals surface area (Å²) in [6.07, 6.45) is -2.94. The Hall–Kier alpha value is -2.77. The van der Waals surface area contributed by atoms with E-state index in [2.05, 4.69) is 20.1 Å². The van der Waals surface area contributed by atoms with Gasteiger partial charge in [-0.2, -0.15) is 23.1 Å². The number of anilines is 2. The summed E-state index contributed by atoms with van der Waals surface area (Å²) >= 11 is 0. The van der Waals surface area contributed by atoms with Gasteiger partial charge in [0.25, 0.3) is 0 Å². The normalized spacial score (nSPS) is 31.0. The van der Waals surface area contributed by atoms with Crippen LogP contribution in [0.25, 0.3) is 0 Å². The fourth-order valence-corrected chi connectivity index (χ4v) is 7.99. The van der Waals surface area contributed by atoms with Crippen LogP contribution in [0.15, 0.2) is 6.07 Å². The molecule has 7 rings (SSSR count). The van der Waals surface area contributed by atoms with Crippen LogP contribution in [-0.4, -0.2) is 71.4 Å². The molecule has 2 bridgehead atoms. The second-order valence-electron chi connectivity index (χ2n) is 12.5. The van der Waals surface area contributed by atoms with Gasteiger partial charge in [-0.3, -0.25) is 4.90 Å². The van der Waals surface area contributed by atoms with Crippen molar-refractivity contribution in [3.05, 3.63) is 39.8 Å². The van der Waals surface area contributed by atoms with Gasteiger partial charge in [-0.1, -0.05) is 0 Å². The number of benzene rings is 1. The van der Waals surface area contributed by atoms with Crippen LogP contribution in [0, 0.1) is 12.7 Å². The number of nitrogens with two attached hydrogens (primary N) is 1. The lowest BCUT2D eigenvalue weighted by Gasteiger charge is -2.39. The molecule has 5 aliphatic rings. The van der Waals surface area contributed by atoms with Crippen LogP contribution in [0.1, 0.15) is 66.2 Å². The number of aryl methyl sites for hydroxylation is 1. The van der Waals surface area contributed by atoms with E-state index < -0.39 is 40.9 Å². The van der Waals surface area contributed by atoms with Gasteiger partial charge in [0.1, 0.15) is 18.6 Å². The molecule has 4 saturated heterocycles. The Morgan fingerprint density at radius 2 is 1.98 bits per heavy atom. The quantitative estimate of drug-likeness (QED) is 0.393. The topological polar surface area (TPSA) is 88.8 Å². The molecule has 5 aliphatic heterocycles. The molecule has 0 amide bonds. The number of rotatable bonds is 5. The second kappa shape index (κ2) is 10.2. The Labute approximate surface area is 240 Å². The number of nitrogens with zero attached hydrogens (tertiary/aromatic N) is 4. The number of alkyl halides is 4. The Morgan fingerprint density at radius 3 is 2.71 bits per heavy atom. The van der Waals surface area contributed by atoms with Crippen LogP contribution < -0.4 is 20.7 Å². The van der Waals surface area contributed by atoms with Gasteiger partial charge < -0.3 is 25.4 Å². The Morgan fingerprint density at radius 1 is 1.21 bits per heavy atom. The predicted molar refractivity (Wildman–Crippen MR) is 145 cm³/mol. The minimum Gasteiger partial charge on any atom is -0.461 e. The number of nitrogen functional groups attached to an aromatic ring is 1. The zero-order valence-electron chi connectivity index (χ0n) is 23.4. The fraction of sp³-hybridized carbons (Fsp3) is 0.655. The maximum Gasteiger partial charge on any atom is 0.417 e. The molecule has 5 atom stereocenters. The molecule has 4 fully saturated rings. The highest BCUT2D eigenvalue weighted by atomic mass is 19.4. The van der Waals surface area contributed by atoms with Gasteiger partial charge in [-0.15, -0.1) is 0 Å². The average Bonchev–Trinajstić information content (AvgIpc) is 3.54. The highest BCUT2D eigenvalue weighted by Gasteiger charge is 2.50. The molecule has 0 aliphatic carbocycles. The summed E-state index contributed by atoms with van der Waals surface area (Å²) in [4.78, 5) is 13.9. The van der Waals surface area contributed by atoms with E-state index in [9.17, 15) is 17.6 Å². The Balaban J connectivity index is 1.27. The summed E-state index contributed by atoms with van der Waals surface area (Å²) in [5.74, 6) is -0.479. The van der Waals surface area contributed by atoms with Crippen molar-refractivity contribution in [1.82, 2.24) is 20.2 Å². The lowest BCUT2D eigenvalue weighted by atomic mass is 9.91. The summed E-state index contributed by atoms with van der Waals surface area (Å²) in [7, 11) is 0. The number of halogens is 5. The summed E-state index contributed by atoms with van der Waals surface area (Å²) in [5.41, 5.74) is 4.31. The monoisotopic (exact) mass is 594 g/mol. The highest BCUT2D eigenvalue weighted by Crippen LogP contribution is 2.46. The van der Waals surface area contributed by atoms with Crippen molar-refractivity contribution in [2.24, 2.45) is 0 Å². The SMILES string of the molecule is Cc1cc(N)c(F)c(C2Cc3nc(OCC45CCCN4CC(F)C5)nc(N4C5CCC4CNC5)c3CO2)c1C(F)(F)F. The fourth-order valence-electron chi connectivity index (χ4n) is 7.99. The summed E-state index contributed by atoms with van der Waals surface area (Å²) in [6, 6.07) is 1.50. The van der Waals surface area contributed by atoms with Crippen molar-refractivity contribution in [2.75, 3.05) is 43.4 Å². The largest absolute Gasteiger partial charge is 0.461 e. The number of piperazine rings is 1. The number of aromatic nitrogens is 2. The minimum absolute atomic E-state index is 0.0786. The number of ether oxygens (including phenoxy) is 2. The van der Waals surface area contributed by atoms with E-state index >= 15 is 4.39 Å². The summed E-state index contributed by atoms with van der Waals surface area (Å²) in [5, 5.41) is 3.45. The van der Waals surface area contributed by atoms with Crippen molar-refractivity contribution in [2.45, 2.75) is 88.1 Å². The molecule has 13 heteroatoms. The van der Waals surface area contributed by atoms with Gasteiger partial charge in [0.05, 0.1) is 35.2 Å². The zero-order chi connectivity index (χ0) is 29.4. The van der Waals surface area contributed by atoms with Crippen LogP contribution in [0.2, 0.25) is 0 Å². The first kappa shape index (κ1) is 28.0. The van der Waals surface area contributed by atoms with Gasteiger partial charge in [0, 0.05) is 55.7 Å². The first-order chi connectivity index (χ1) is 20.0. The summed E-state index contributed by atoms with van der Waals surface area (Å²) in [6.45, 7) is 4.18. The van der Waals surface area contributed by atoms with Crippen LogP contribution in [0.5, 0.6) is 6.01 Å². The van der Waals surface area contributed by atoms with E-state index in [1.54, 1.807) is 0 Å². The van der Waals surface area contributed by atoms with E-state index in [-0.39, 0.29) is 49.0 Å². The maximum atomic E-state index is 15.3. The van der Waals surface area contributed by atoms with Gasteiger partial charge >= 0.3 is 12.2 Å². The van der Waals surface area contributed by atoms with Crippen molar-refractivity contribution in [1.29, 1.82) is 0 Å². The van der Waals surface area contributed by atoms with Crippen molar-refractivity contribution in [3.63, 3.8) is 0 Å². The molecule has 228 valence electrons. The highest BCUT2D eigenvalue weighted by molar-refractivity contribution is 5.56. The molecular weight excluding hydrogens is 559 g/mol. The molecule has 8 nitrogen and oxygen atoms in total. The Kier molecular flexibility index (Phi) is 6.78. The minimum atomic E-state index is -4.80. The van der Waals surface area contributed by atoms with Crippen molar-refractivity contribution in [3.8, 4) is 6.01 Å². The van der Waals surface area contributed by atoms with E-state index in [1.807, 2.05) is 0 Å². The third kappa shape index (κ3) is 4.59. The molecule has 3 N–H and O–H groups in total. The molecule has 5 unspecified atom stereocenters. The number of fused-ring (bicyclic) bond motifs is 4. The molecule has 2 aromatic rings. The second-order valence-corrected chi connectivity index (χ2v) is 12.5. The van der Waals surface area contributed by atoms with Gasteiger partial charge in [-0.05, 0) is 50.8 Å². The average molecular weight is 595 g/mol. The number of nitrogens with one attached hydrogen (secondary N) is 1. The van der Waals surface area contributed by atoms with Gasteiger partial charge in [0.15, 0.2) is 5.82 Å². The third-order valence-electron chi connectivity index (χ3n) is 9.84. The molecule has 0 radical (unpaired) electrons. The van der Waals surface area contributed by atoms with E-state index in [1.165, 1.54) is 6.92 Å². The summed E-state index contributed by atoms with van der Waals surface area (Å²) < 4.78 is 84.4. The van der Waals surface area contributed by atoms with Crippen molar-refractivity contribution < 1.29 is 31.4 Å². The molecule has 1 aromatic carbocycles. The van der Waals surface area contributed by atoms with E-state index in [4.69, 9.17) is 20.2 Å².